The van der Waals surface area contributed by atoms with Crippen LogP contribution in [0.4, 0.5) is 5.95 Å². The Bertz CT molecular complexity index is 472. The number of carbonyl (C=O) groups excluding carboxylic acids is 1. The highest BCUT2D eigenvalue weighted by molar-refractivity contribution is 5.93. The van der Waals surface area contributed by atoms with E-state index in [1.165, 1.54) is 0 Å². The van der Waals surface area contributed by atoms with Crippen LogP contribution in [-0.2, 0) is 4.74 Å². The van der Waals surface area contributed by atoms with Gasteiger partial charge in [-0.3, -0.25) is 9.69 Å². The molecule has 23 heavy (non-hydrogen) atoms. The second kappa shape index (κ2) is 9.42. The van der Waals surface area contributed by atoms with E-state index in [0.717, 1.165) is 45.8 Å². The number of nitrogens with one attached hydrogen (secondary N) is 2. The fraction of sp³-hybridized carbons (Fsp3) is 0.688. The first-order valence-corrected chi connectivity index (χ1v) is 8.29. The molecular weight excluding hydrogens is 294 g/mol. The van der Waals surface area contributed by atoms with Crippen molar-refractivity contribution in [1.29, 1.82) is 0 Å². The van der Waals surface area contributed by atoms with Gasteiger partial charge in [0.2, 0.25) is 5.95 Å². The summed E-state index contributed by atoms with van der Waals surface area (Å²) in [5, 5.41) is 6.06. The number of ether oxygens (including phenoxy) is 1. The molecule has 2 N–H and O–H groups in total. The number of carbonyl (C=O) groups is 1. The summed E-state index contributed by atoms with van der Waals surface area (Å²) < 4.78 is 5.30. The molecule has 7 nitrogen and oxygen atoms in total. The number of aromatic nitrogens is 2. The van der Waals surface area contributed by atoms with E-state index in [1.807, 2.05) is 0 Å². The predicted octanol–water partition coefficient (Wildman–Crippen LogP) is 0.997. The van der Waals surface area contributed by atoms with E-state index in [2.05, 4.69) is 39.3 Å². The first kappa shape index (κ1) is 17.6. The van der Waals surface area contributed by atoms with Gasteiger partial charge in [0.05, 0.1) is 18.8 Å². The molecule has 0 spiro atoms. The van der Waals surface area contributed by atoms with E-state index in [4.69, 9.17) is 4.74 Å². The normalized spacial score (nSPS) is 15.6. The second-order valence-corrected chi connectivity index (χ2v) is 6.11. The maximum atomic E-state index is 12.0. The molecule has 0 aliphatic carbocycles. The van der Waals surface area contributed by atoms with Crippen LogP contribution < -0.4 is 10.6 Å². The number of amides is 1. The van der Waals surface area contributed by atoms with Crippen LogP contribution in [0.5, 0.6) is 0 Å². The van der Waals surface area contributed by atoms with Crippen molar-refractivity contribution in [3.63, 3.8) is 0 Å². The summed E-state index contributed by atoms with van der Waals surface area (Å²) in [6.45, 7) is 10.0. The molecule has 0 saturated carbocycles. The zero-order valence-electron chi connectivity index (χ0n) is 14.0. The number of morpholine rings is 1. The van der Waals surface area contributed by atoms with Crippen molar-refractivity contribution in [1.82, 2.24) is 20.2 Å². The average Bonchev–Trinajstić information content (AvgIpc) is 2.56. The zero-order valence-corrected chi connectivity index (χ0v) is 14.0. The maximum absolute atomic E-state index is 12.0. The molecule has 1 amide bonds. The lowest BCUT2D eigenvalue weighted by molar-refractivity contribution is 0.0383. The van der Waals surface area contributed by atoms with Crippen molar-refractivity contribution in [3.05, 3.63) is 18.0 Å². The van der Waals surface area contributed by atoms with Crippen molar-refractivity contribution in [2.24, 2.45) is 5.92 Å². The molecule has 0 unspecified atom stereocenters. The molecule has 2 rings (SSSR count). The Hall–Kier alpha value is -1.73. The lowest BCUT2D eigenvalue weighted by atomic mass is 10.1. The Morgan fingerprint density at radius 1 is 1.26 bits per heavy atom. The van der Waals surface area contributed by atoms with Gasteiger partial charge >= 0.3 is 0 Å². The van der Waals surface area contributed by atoms with Gasteiger partial charge in [0, 0.05) is 45.1 Å². The standard InChI is InChI=1S/C16H27N5O2/c1-13(2)3-4-18-16-19-11-14(12-20-16)15(22)17-5-6-21-7-9-23-10-8-21/h11-13H,3-10H2,1-2H3,(H,17,22)(H,18,19,20). The van der Waals surface area contributed by atoms with E-state index < -0.39 is 0 Å². The van der Waals surface area contributed by atoms with Gasteiger partial charge in [-0.2, -0.15) is 0 Å². The zero-order chi connectivity index (χ0) is 16.5. The SMILES string of the molecule is CC(C)CCNc1ncc(C(=O)NCCN2CCOCC2)cn1. The Morgan fingerprint density at radius 2 is 1.96 bits per heavy atom. The lowest BCUT2D eigenvalue weighted by Crippen LogP contribution is -2.41. The van der Waals surface area contributed by atoms with Crippen molar-refractivity contribution >= 4 is 11.9 Å². The van der Waals surface area contributed by atoms with Crippen molar-refractivity contribution < 1.29 is 9.53 Å². The summed E-state index contributed by atoms with van der Waals surface area (Å²) in [5.41, 5.74) is 0.487. The van der Waals surface area contributed by atoms with Crippen LogP contribution in [0.1, 0.15) is 30.6 Å². The van der Waals surface area contributed by atoms with Gasteiger partial charge in [-0.15, -0.1) is 0 Å². The summed E-state index contributed by atoms with van der Waals surface area (Å²) in [7, 11) is 0. The number of rotatable bonds is 8. The average molecular weight is 321 g/mol. The minimum Gasteiger partial charge on any atom is -0.379 e. The Morgan fingerprint density at radius 3 is 2.61 bits per heavy atom. The van der Waals surface area contributed by atoms with E-state index in [9.17, 15) is 4.79 Å². The third-order valence-electron chi connectivity index (χ3n) is 3.74. The molecule has 7 heteroatoms. The number of anilines is 1. The summed E-state index contributed by atoms with van der Waals surface area (Å²) in [6.07, 6.45) is 4.19. The molecule has 0 atom stereocenters. The van der Waals surface area contributed by atoms with Gasteiger partial charge in [0.25, 0.3) is 5.91 Å². The van der Waals surface area contributed by atoms with Gasteiger partial charge in [-0.05, 0) is 12.3 Å². The Kier molecular flexibility index (Phi) is 7.22. The molecule has 2 heterocycles. The first-order valence-electron chi connectivity index (χ1n) is 8.29. The minimum absolute atomic E-state index is 0.132. The van der Waals surface area contributed by atoms with Crippen molar-refractivity contribution in [3.8, 4) is 0 Å². The van der Waals surface area contributed by atoms with Crippen LogP contribution in [0.2, 0.25) is 0 Å². The van der Waals surface area contributed by atoms with E-state index in [-0.39, 0.29) is 5.91 Å². The van der Waals surface area contributed by atoms with E-state index >= 15 is 0 Å². The maximum Gasteiger partial charge on any atom is 0.254 e. The van der Waals surface area contributed by atoms with Gasteiger partial charge in [-0.1, -0.05) is 13.8 Å². The number of nitrogens with zero attached hydrogens (tertiary/aromatic N) is 3. The largest absolute Gasteiger partial charge is 0.379 e. The third kappa shape index (κ3) is 6.50. The van der Waals surface area contributed by atoms with Crippen LogP contribution in [0.15, 0.2) is 12.4 Å². The highest BCUT2D eigenvalue weighted by Crippen LogP contribution is 2.03. The fourth-order valence-electron chi connectivity index (χ4n) is 2.26. The monoisotopic (exact) mass is 321 g/mol. The minimum atomic E-state index is -0.132. The van der Waals surface area contributed by atoms with Crippen LogP contribution in [-0.4, -0.2) is 66.7 Å². The first-order chi connectivity index (χ1) is 11.1. The fourth-order valence-corrected chi connectivity index (χ4v) is 2.26. The molecule has 1 fully saturated rings. The molecule has 0 bridgehead atoms. The van der Waals surface area contributed by atoms with Gasteiger partial charge in [0.15, 0.2) is 0 Å². The summed E-state index contributed by atoms with van der Waals surface area (Å²) in [5.74, 6) is 1.07. The second-order valence-electron chi connectivity index (χ2n) is 6.11. The molecular formula is C16H27N5O2. The van der Waals surface area contributed by atoms with E-state index in [1.54, 1.807) is 12.4 Å². The predicted molar refractivity (Wildman–Crippen MR) is 89.6 cm³/mol. The topological polar surface area (TPSA) is 79.4 Å². The van der Waals surface area contributed by atoms with Crippen LogP contribution in [0.3, 0.4) is 0 Å². The number of hydrogen-bond acceptors (Lipinski definition) is 6. The van der Waals surface area contributed by atoms with Crippen LogP contribution >= 0.6 is 0 Å². The van der Waals surface area contributed by atoms with Gasteiger partial charge in [-0.25, -0.2) is 9.97 Å². The Labute approximate surface area is 137 Å². The molecule has 1 saturated heterocycles. The quantitative estimate of drug-likeness (QED) is 0.743. The van der Waals surface area contributed by atoms with E-state index in [0.29, 0.717) is 24.0 Å². The molecule has 128 valence electrons. The molecule has 0 radical (unpaired) electrons. The van der Waals surface area contributed by atoms with Gasteiger partial charge in [0.1, 0.15) is 0 Å². The van der Waals surface area contributed by atoms with Gasteiger partial charge < -0.3 is 15.4 Å². The van der Waals surface area contributed by atoms with Crippen LogP contribution in [0, 0.1) is 5.92 Å². The van der Waals surface area contributed by atoms with Crippen molar-refractivity contribution in [2.75, 3.05) is 51.3 Å². The smallest absolute Gasteiger partial charge is 0.254 e. The molecule has 1 aliphatic rings. The molecule has 1 aliphatic heterocycles. The van der Waals surface area contributed by atoms with Crippen LogP contribution in [0.25, 0.3) is 0 Å². The molecule has 1 aromatic heterocycles. The third-order valence-corrected chi connectivity index (χ3v) is 3.74. The summed E-state index contributed by atoms with van der Waals surface area (Å²) in [4.78, 5) is 22.7. The lowest BCUT2D eigenvalue weighted by Gasteiger charge is -2.26. The highest BCUT2D eigenvalue weighted by atomic mass is 16.5. The Balaban J connectivity index is 1.69. The summed E-state index contributed by atoms with van der Waals surface area (Å²) in [6, 6.07) is 0. The summed E-state index contributed by atoms with van der Waals surface area (Å²) >= 11 is 0. The highest BCUT2D eigenvalue weighted by Gasteiger charge is 2.11. The van der Waals surface area contributed by atoms with Crippen molar-refractivity contribution in [2.45, 2.75) is 20.3 Å². The molecule has 1 aromatic rings. The molecule has 0 aromatic carbocycles. The number of hydrogen-bond donors (Lipinski definition) is 2.